The lowest BCUT2D eigenvalue weighted by molar-refractivity contribution is 0.322. The van der Waals surface area contributed by atoms with E-state index < -0.39 is 0 Å². The molecule has 0 unspecified atom stereocenters. The smallest absolute Gasteiger partial charge is 0.191 e. The number of nitrogens with one attached hydrogen (secondary N) is 2. The molecule has 0 aliphatic rings. The molecule has 0 radical (unpaired) electrons. The summed E-state index contributed by atoms with van der Waals surface area (Å²) in [6.07, 6.45) is 0. The van der Waals surface area contributed by atoms with E-state index >= 15 is 0 Å². The zero-order valence-electron chi connectivity index (χ0n) is 15.6. The largest absolute Gasteiger partial charge is 0.493 e. The average Bonchev–Trinajstić information content (AvgIpc) is 2.68. The minimum atomic E-state index is 0. The first-order valence-electron chi connectivity index (χ1n) is 8.20. The van der Waals surface area contributed by atoms with Crippen LogP contribution in [0.2, 0.25) is 5.02 Å². The van der Waals surface area contributed by atoms with Crippen molar-refractivity contribution < 1.29 is 14.2 Å². The molecule has 0 saturated carbocycles. The third-order valence-electron chi connectivity index (χ3n) is 3.61. The Balaban J connectivity index is 0.00000364. The van der Waals surface area contributed by atoms with E-state index in [1.165, 1.54) is 0 Å². The van der Waals surface area contributed by atoms with Crippen molar-refractivity contribution in [1.29, 1.82) is 0 Å². The molecular weight excluding hydrogens is 481 g/mol. The van der Waals surface area contributed by atoms with E-state index in [-0.39, 0.29) is 24.0 Å². The number of nitrogens with zero attached hydrogens (tertiary/aromatic N) is 1. The minimum absolute atomic E-state index is 0. The Bertz CT molecular complexity index is 727. The van der Waals surface area contributed by atoms with Gasteiger partial charge in [-0.2, -0.15) is 0 Å². The molecule has 2 aromatic carbocycles. The summed E-state index contributed by atoms with van der Waals surface area (Å²) >= 11 is 5.85. The van der Waals surface area contributed by atoms with Crippen molar-refractivity contribution in [2.75, 3.05) is 34.4 Å². The van der Waals surface area contributed by atoms with Gasteiger partial charge in [-0.3, -0.25) is 4.99 Å². The van der Waals surface area contributed by atoms with Crippen LogP contribution >= 0.6 is 35.6 Å². The molecule has 27 heavy (non-hydrogen) atoms. The molecule has 0 amide bonds. The molecule has 0 heterocycles. The number of rotatable bonds is 8. The fraction of sp³-hybridized carbons (Fsp3) is 0.316. The van der Waals surface area contributed by atoms with E-state index in [4.69, 9.17) is 25.8 Å². The van der Waals surface area contributed by atoms with Crippen molar-refractivity contribution in [3.8, 4) is 17.2 Å². The molecule has 0 aromatic heterocycles. The lowest BCUT2D eigenvalue weighted by Gasteiger charge is -2.14. The zero-order valence-corrected chi connectivity index (χ0v) is 18.7. The molecule has 8 heteroatoms. The number of guanidine groups is 1. The van der Waals surface area contributed by atoms with Crippen molar-refractivity contribution in [2.24, 2.45) is 4.99 Å². The first-order valence-corrected chi connectivity index (χ1v) is 8.58. The summed E-state index contributed by atoms with van der Waals surface area (Å²) in [5.41, 5.74) is 1.06. The van der Waals surface area contributed by atoms with E-state index in [1.807, 2.05) is 30.3 Å². The summed E-state index contributed by atoms with van der Waals surface area (Å²) in [6.45, 7) is 1.74. The quantitative estimate of drug-likeness (QED) is 0.248. The third kappa shape index (κ3) is 7.72. The first kappa shape index (κ1) is 23.2. The predicted molar refractivity (Wildman–Crippen MR) is 120 cm³/mol. The molecule has 6 nitrogen and oxygen atoms in total. The Morgan fingerprint density at radius 3 is 2.33 bits per heavy atom. The Morgan fingerprint density at radius 1 is 1.00 bits per heavy atom. The maximum absolute atomic E-state index is 5.85. The molecule has 0 fully saturated rings. The van der Waals surface area contributed by atoms with Crippen LogP contribution in [-0.2, 0) is 6.54 Å². The van der Waals surface area contributed by atoms with Gasteiger partial charge >= 0.3 is 0 Å². The van der Waals surface area contributed by atoms with E-state index in [9.17, 15) is 0 Å². The molecule has 0 aliphatic carbocycles. The first-order chi connectivity index (χ1) is 12.7. The van der Waals surface area contributed by atoms with Crippen LogP contribution in [0.15, 0.2) is 47.5 Å². The fourth-order valence-corrected chi connectivity index (χ4v) is 2.39. The van der Waals surface area contributed by atoms with Gasteiger partial charge < -0.3 is 24.8 Å². The lowest BCUT2D eigenvalue weighted by atomic mass is 10.2. The highest BCUT2D eigenvalue weighted by molar-refractivity contribution is 14.0. The monoisotopic (exact) mass is 505 g/mol. The number of ether oxygens (including phenoxy) is 3. The average molecular weight is 506 g/mol. The maximum atomic E-state index is 5.85. The lowest BCUT2D eigenvalue weighted by Crippen LogP contribution is -2.38. The summed E-state index contributed by atoms with van der Waals surface area (Å²) in [4.78, 5) is 4.20. The van der Waals surface area contributed by atoms with Gasteiger partial charge in [0, 0.05) is 18.6 Å². The van der Waals surface area contributed by atoms with Crippen molar-refractivity contribution in [3.05, 3.63) is 53.1 Å². The highest BCUT2D eigenvalue weighted by Crippen LogP contribution is 2.27. The Morgan fingerprint density at radius 2 is 1.70 bits per heavy atom. The van der Waals surface area contributed by atoms with Gasteiger partial charge in [0.1, 0.15) is 12.4 Å². The van der Waals surface area contributed by atoms with Crippen LogP contribution in [0.4, 0.5) is 0 Å². The van der Waals surface area contributed by atoms with E-state index in [1.54, 1.807) is 33.4 Å². The molecular formula is C19H25ClIN3O3. The summed E-state index contributed by atoms with van der Waals surface area (Å²) in [7, 11) is 4.97. The van der Waals surface area contributed by atoms with Gasteiger partial charge in [0.05, 0.1) is 20.8 Å². The standard InChI is InChI=1S/C19H24ClN3O3.HI/c1-21-19(22-10-11-26-16-7-5-15(20)6-8-16)23-13-14-4-9-17(24-2)18(12-14)25-3;/h4-9,12H,10-11,13H2,1-3H3,(H2,21,22,23);1H. The molecule has 0 spiro atoms. The van der Waals surface area contributed by atoms with Crippen LogP contribution < -0.4 is 24.8 Å². The molecule has 0 atom stereocenters. The third-order valence-corrected chi connectivity index (χ3v) is 3.86. The maximum Gasteiger partial charge on any atom is 0.191 e. The molecule has 2 aromatic rings. The Hall–Kier alpha value is -1.87. The number of halogens is 2. The normalized spacial score (nSPS) is 10.6. The number of aliphatic imine (C=N–C) groups is 1. The second kappa shape index (κ2) is 12.5. The number of hydrogen-bond donors (Lipinski definition) is 2. The van der Waals surface area contributed by atoms with Gasteiger partial charge in [-0.1, -0.05) is 17.7 Å². The molecule has 148 valence electrons. The Kier molecular flexibility index (Phi) is 10.7. The molecule has 0 aliphatic heterocycles. The van der Waals surface area contributed by atoms with Crippen LogP contribution in [-0.4, -0.2) is 40.4 Å². The van der Waals surface area contributed by atoms with Gasteiger partial charge in [0.25, 0.3) is 0 Å². The van der Waals surface area contributed by atoms with Crippen LogP contribution in [0.5, 0.6) is 17.2 Å². The number of hydrogen-bond acceptors (Lipinski definition) is 4. The van der Waals surface area contributed by atoms with Crippen molar-refractivity contribution in [2.45, 2.75) is 6.54 Å². The summed E-state index contributed by atoms with van der Waals surface area (Å²) in [5.74, 6) is 2.88. The Labute approximate surface area is 182 Å². The highest BCUT2D eigenvalue weighted by Gasteiger charge is 2.05. The van der Waals surface area contributed by atoms with Gasteiger partial charge in [0.2, 0.25) is 0 Å². The summed E-state index contributed by atoms with van der Waals surface area (Å²) in [5, 5.41) is 7.14. The zero-order chi connectivity index (χ0) is 18.8. The molecule has 2 N–H and O–H groups in total. The van der Waals surface area contributed by atoms with Gasteiger partial charge in [-0.15, -0.1) is 24.0 Å². The summed E-state index contributed by atoms with van der Waals surface area (Å²) in [6, 6.07) is 13.1. The van der Waals surface area contributed by atoms with Crippen LogP contribution in [0.25, 0.3) is 0 Å². The van der Waals surface area contributed by atoms with Gasteiger partial charge in [-0.05, 0) is 42.0 Å². The highest BCUT2D eigenvalue weighted by atomic mass is 127. The topological polar surface area (TPSA) is 64.1 Å². The number of benzene rings is 2. The minimum Gasteiger partial charge on any atom is -0.493 e. The van der Waals surface area contributed by atoms with E-state index in [0.717, 1.165) is 11.3 Å². The van der Waals surface area contributed by atoms with Gasteiger partial charge in [-0.25, -0.2) is 0 Å². The summed E-state index contributed by atoms with van der Waals surface area (Å²) < 4.78 is 16.2. The second-order valence-corrected chi connectivity index (χ2v) is 5.78. The fourth-order valence-electron chi connectivity index (χ4n) is 2.27. The van der Waals surface area contributed by atoms with Crippen molar-refractivity contribution in [3.63, 3.8) is 0 Å². The number of methoxy groups -OCH3 is 2. The predicted octanol–water partition coefficient (Wildman–Crippen LogP) is 3.72. The molecule has 0 bridgehead atoms. The van der Waals surface area contributed by atoms with E-state index in [0.29, 0.717) is 42.2 Å². The molecule has 2 rings (SSSR count). The second-order valence-electron chi connectivity index (χ2n) is 5.34. The van der Waals surface area contributed by atoms with Crippen molar-refractivity contribution >= 4 is 41.5 Å². The molecule has 0 saturated heterocycles. The van der Waals surface area contributed by atoms with Crippen LogP contribution in [0.3, 0.4) is 0 Å². The van der Waals surface area contributed by atoms with Crippen LogP contribution in [0, 0.1) is 0 Å². The van der Waals surface area contributed by atoms with Gasteiger partial charge in [0.15, 0.2) is 17.5 Å². The van der Waals surface area contributed by atoms with Crippen LogP contribution in [0.1, 0.15) is 5.56 Å². The SMILES string of the molecule is CN=C(NCCOc1ccc(Cl)cc1)NCc1ccc(OC)c(OC)c1.I. The van der Waals surface area contributed by atoms with Crippen molar-refractivity contribution in [1.82, 2.24) is 10.6 Å². The van der Waals surface area contributed by atoms with E-state index in [2.05, 4.69) is 15.6 Å².